The topological polar surface area (TPSA) is 97.0 Å². The Labute approximate surface area is 138 Å². The van der Waals surface area contributed by atoms with Crippen molar-refractivity contribution >= 4 is 11.9 Å². The lowest BCUT2D eigenvalue weighted by molar-refractivity contribution is -0.385. The van der Waals surface area contributed by atoms with Crippen molar-refractivity contribution in [3.05, 3.63) is 57.6 Å². The molecule has 1 aliphatic rings. The standard InChI is InChI=1S/C17H16N2O5/c1-11(12-2-5-16-17(9-12)24-7-6-23-16)18-10-13-8-14(19(21)22)3-4-15(13)20/h2-5,8-11,20H,6-7H2,1H3/p-1/t11-/m0/s1. The van der Waals surface area contributed by atoms with E-state index in [1.54, 1.807) is 0 Å². The number of non-ortho nitro benzene ring substituents is 1. The van der Waals surface area contributed by atoms with E-state index in [-0.39, 0.29) is 23.0 Å². The minimum atomic E-state index is -0.541. The minimum absolute atomic E-state index is 0.136. The Morgan fingerprint density at radius 1 is 1.17 bits per heavy atom. The largest absolute Gasteiger partial charge is 0.872 e. The first kappa shape index (κ1) is 15.8. The van der Waals surface area contributed by atoms with Crippen LogP contribution in [0.5, 0.6) is 17.2 Å². The SMILES string of the molecule is C[C@H](N=Cc1cc([N+](=O)[O-])ccc1[O-])c1ccc2c(c1)OCCO2. The van der Waals surface area contributed by atoms with Crippen molar-refractivity contribution in [3.8, 4) is 17.2 Å². The normalized spacial score (nSPS) is 14.5. The van der Waals surface area contributed by atoms with Crippen molar-refractivity contribution in [1.82, 2.24) is 0 Å². The molecule has 0 saturated heterocycles. The molecular formula is C17H15N2O5-. The van der Waals surface area contributed by atoms with Crippen molar-refractivity contribution in [2.75, 3.05) is 13.2 Å². The summed E-state index contributed by atoms with van der Waals surface area (Å²) in [4.78, 5) is 14.6. The number of ether oxygens (including phenoxy) is 2. The third-order valence-corrected chi connectivity index (χ3v) is 3.69. The van der Waals surface area contributed by atoms with Gasteiger partial charge in [-0.05, 0) is 30.2 Å². The number of fused-ring (bicyclic) bond motifs is 1. The molecule has 0 N–H and O–H groups in total. The number of aliphatic imine (C=N–C) groups is 1. The average molecular weight is 327 g/mol. The molecule has 0 unspecified atom stereocenters. The van der Waals surface area contributed by atoms with E-state index in [2.05, 4.69) is 4.99 Å². The van der Waals surface area contributed by atoms with E-state index in [9.17, 15) is 15.2 Å². The van der Waals surface area contributed by atoms with Crippen molar-refractivity contribution in [1.29, 1.82) is 0 Å². The Morgan fingerprint density at radius 3 is 2.67 bits per heavy atom. The van der Waals surface area contributed by atoms with Gasteiger partial charge in [0.2, 0.25) is 0 Å². The number of rotatable bonds is 4. The lowest BCUT2D eigenvalue weighted by Crippen LogP contribution is -2.15. The second-order valence-electron chi connectivity index (χ2n) is 5.34. The van der Waals surface area contributed by atoms with Gasteiger partial charge in [-0.1, -0.05) is 17.9 Å². The number of nitro benzene ring substituents is 1. The van der Waals surface area contributed by atoms with Gasteiger partial charge in [0.05, 0.1) is 11.0 Å². The van der Waals surface area contributed by atoms with Crippen LogP contribution in [-0.2, 0) is 0 Å². The van der Waals surface area contributed by atoms with Crippen LogP contribution >= 0.6 is 0 Å². The maximum Gasteiger partial charge on any atom is 0.270 e. The predicted molar refractivity (Wildman–Crippen MR) is 86.0 cm³/mol. The van der Waals surface area contributed by atoms with E-state index in [4.69, 9.17) is 9.47 Å². The number of benzene rings is 2. The molecule has 1 heterocycles. The molecule has 0 radical (unpaired) electrons. The molecule has 124 valence electrons. The molecule has 1 aliphatic heterocycles. The van der Waals surface area contributed by atoms with E-state index in [1.807, 2.05) is 25.1 Å². The Kier molecular flexibility index (Phi) is 4.33. The summed E-state index contributed by atoms with van der Waals surface area (Å²) in [5.41, 5.74) is 0.949. The first-order valence-corrected chi connectivity index (χ1v) is 7.43. The molecule has 0 saturated carbocycles. The van der Waals surface area contributed by atoms with Crippen LogP contribution in [0.15, 0.2) is 41.4 Å². The quantitative estimate of drug-likeness (QED) is 0.488. The van der Waals surface area contributed by atoms with E-state index in [0.717, 1.165) is 5.56 Å². The summed E-state index contributed by atoms with van der Waals surface area (Å²) in [6.07, 6.45) is 1.37. The fourth-order valence-corrected chi connectivity index (χ4v) is 2.35. The molecule has 0 bridgehead atoms. The van der Waals surface area contributed by atoms with Crippen LogP contribution in [0.4, 0.5) is 5.69 Å². The Hall–Kier alpha value is -3.09. The van der Waals surface area contributed by atoms with Crippen LogP contribution in [0, 0.1) is 10.1 Å². The van der Waals surface area contributed by atoms with Crippen LogP contribution in [-0.4, -0.2) is 24.4 Å². The first-order valence-electron chi connectivity index (χ1n) is 7.43. The zero-order chi connectivity index (χ0) is 17.1. The third kappa shape index (κ3) is 3.29. The van der Waals surface area contributed by atoms with E-state index < -0.39 is 4.92 Å². The zero-order valence-corrected chi connectivity index (χ0v) is 13.0. The molecule has 0 aliphatic carbocycles. The third-order valence-electron chi connectivity index (χ3n) is 3.69. The van der Waals surface area contributed by atoms with E-state index >= 15 is 0 Å². The molecule has 0 aromatic heterocycles. The Balaban J connectivity index is 1.81. The molecule has 2 aromatic rings. The first-order chi connectivity index (χ1) is 11.5. The average Bonchev–Trinajstić information content (AvgIpc) is 2.60. The molecular weight excluding hydrogens is 312 g/mol. The molecule has 7 nitrogen and oxygen atoms in total. The van der Waals surface area contributed by atoms with Gasteiger partial charge in [-0.15, -0.1) is 0 Å². The van der Waals surface area contributed by atoms with Crippen molar-refractivity contribution in [3.63, 3.8) is 0 Å². The zero-order valence-electron chi connectivity index (χ0n) is 13.0. The monoisotopic (exact) mass is 327 g/mol. The van der Waals surface area contributed by atoms with Crippen LogP contribution in [0.1, 0.15) is 24.1 Å². The number of hydrogen-bond acceptors (Lipinski definition) is 6. The summed E-state index contributed by atoms with van der Waals surface area (Å²) < 4.78 is 11.0. The van der Waals surface area contributed by atoms with Gasteiger partial charge in [0.15, 0.2) is 11.5 Å². The lowest BCUT2D eigenvalue weighted by Gasteiger charge is -2.19. The predicted octanol–water partition coefficient (Wildman–Crippen LogP) is 2.62. The van der Waals surface area contributed by atoms with Gasteiger partial charge >= 0.3 is 0 Å². The summed E-state index contributed by atoms with van der Waals surface area (Å²) in [7, 11) is 0. The molecule has 3 rings (SSSR count). The van der Waals surface area contributed by atoms with Gasteiger partial charge in [-0.25, -0.2) is 0 Å². The van der Waals surface area contributed by atoms with Crippen LogP contribution in [0.2, 0.25) is 0 Å². The number of nitrogens with zero attached hydrogens (tertiary/aromatic N) is 2. The summed E-state index contributed by atoms with van der Waals surface area (Å²) in [5, 5.41) is 22.6. The fourth-order valence-electron chi connectivity index (χ4n) is 2.35. The highest BCUT2D eigenvalue weighted by Gasteiger charge is 2.14. The highest BCUT2D eigenvalue weighted by molar-refractivity contribution is 5.84. The molecule has 7 heteroatoms. The van der Waals surface area contributed by atoms with E-state index in [1.165, 1.54) is 24.4 Å². The van der Waals surface area contributed by atoms with Crippen LogP contribution in [0.25, 0.3) is 0 Å². The van der Waals surface area contributed by atoms with Gasteiger partial charge in [-0.2, -0.15) is 0 Å². The maximum atomic E-state index is 11.8. The molecule has 0 fully saturated rings. The Morgan fingerprint density at radius 2 is 1.92 bits per heavy atom. The fraction of sp³-hybridized carbons (Fsp3) is 0.235. The van der Waals surface area contributed by atoms with Gasteiger partial charge in [0.1, 0.15) is 13.2 Å². The molecule has 1 atom stereocenters. The maximum absolute atomic E-state index is 11.8. The highest BCUT2D eigenvalue weighted by atomic mass is 16.6. The minimum Gasteiger partial charge on any atom is -0.872 e. The second-order valence-corrected chi connectivity index (χ2v) is 5.34. The molecule has 2 aromatic carbocycles. The summed E-state index contributed by atoms with van der Waals surface area (Å²) >= 11 is 0. The molecule has 0 amide bonds. The summed E-state index contributed by atoms with van der Waals surface area (Å²) in [6.45, 7) is 2.89. The van der Waals surface area contributed by atoms with Crippen molar-refractivity contribution in [2.45, 2.75) is 13.0 Å². The molecule has 0 spiro atoms. The molecule has 24 heavy (non-hydrogen) atoms. The summed E-state index contributed by atoms with van der Waals surface area (Å²) in [6, 6.07) is 8.89. The lowest BCUT2D eigenvalue weighted by atomic mass is 10.1. The van der Waals surface area contributed by atoms with Gasteiger partial charge in [0, 0.05) is 18.3 Å². The van der Waals surface area contributed by atoms with Gasteiger partial charge in [0.25, 0.3) is 5.69 Å². The van der Waals surface area contributed by atoms with Gasteiger partial charge in [-0.3, -0.25) is 15.1 Å². The number of hydrogen-bond donors (Lipinski definition) is 0. The Bertz CT molecular complexity index is 804. The van der Waals surface area contributed by atoms with Crippen molar-refractivity contribution in [2.24, 2.45) is 4.99 Å². The van der Waals surface area contributed by atoms with Crippen LogP contribution < -0.4 is 14.6 Å². The van der Waals surface area contributed by atoms with Crippen LogP contribution in [0.3, 0.4) is 0 Å². The highest BCUT2D eigenvalue weighted by Crippen LogP contribution is 2.33. The van der Waals surface area contributed by atoms with E-state index in [0.29, 0.717) is 24.7 Å². The smallest absolute Gasteiger partial charge is 0.270 e. The summed E-state index contributed by atoms with van der Waals surface area (Å²) in [5.74, 6) is 1.06. The second kappa shape index (κ2) is 6.57. The van der Waals surface area contributed by atoms with Crippen molar-refractivity contribution < 1.29 is 19.5 Å². The number of nitro groups is 1. The van der Waals surface area contributed by atoms with Gasteiger partial charge < -0.3 is 14.6 Å².